The van der Waals surface area contributed by atoms with Crippen LogP contribution in [0.3, 0.4) is 0 Å². The van der Waals surface area contributed by atoms with Crippen LogP contribution >= 0.6 is 0 Å². The number of carbonyl (C=O) groups excluding carboxylic acids is 1. The average molecular weight is 168 g/mol. The predicted octanol–water partition coefficient (Wildman–Crippen LogP) is 0.410. The molecule has 0 amide bonds. The molecule has 12 heavy (non-hydrogen) atoms. The van der Waals surface area contributed by atoms with E-state index in [2.05, 4.69) is 14.7 Å². The lowest BCUT2D eigenvalue weighted by Crippen LogP contribution is -2.03. The van der Waals surface area contributed by atoms with Gasteiger partial charge in [-0.1, -0.05) is 0 Å². The fourth-order valence-electron chi connectivity index (χ4n) is 0.626. The smallest absolute Gasteiger partial charge is 0.309 e. The lowest BCUT2D eigenvalue weighted by atomic mass is 10.7. The number of rotatable bonds is 2. The van der Waals surface area contributed by atoms with Gasteiger partial charge in [0.25, 0.3) is 0 Å². The summed E-state index contributed by atoms with van der Waals surface area (Å²) in [6.45, 7) is 1.29. The molecular weight excluding hydrogens is 160 g/mol. The molecule has 0 bridgehead atoms. The van der Waals surface area contributed by atoms with Crippen LogP contribution in [-0.4, -0.2) is 23.0 Å². The van der Waals surface area contributed by atoms with E-state index in [1.54, 1.807) is 0 Å². The first-order valence-corrected chi connectivity index (χ1v) is 3.27. The van der Waals surface area contributed by atoms with E-state index in [4.69, 9.17) is 4.74 Å². The van der Waals surface area contributed by atoms with Gasteiger partial charge in [-0.05, 0) is 0 Å². The highest BCUT2D eigenvalue weighted by Gasteiger charge is 2.01. The third kappa shape index (κ3) is 2.19. The number of esters is 1. The summed E-state index contributed by atoms with van der Waals surface area (Å²) in [5.41, 5.74) is 0. The molecule has 5 heteroatoms. The van der Waals surface area contributed by atoms with Gasteiger partial charge in [0.15, 0.2) is 0 Å². The highest BCUT2D eigenvalue weighted by atomic mass is 16.5. The van der Waals surface area contributed by atoms with Crippen LogP contribution in [0.25, 0.3) is 0 Å². The Labute approximate surface area is 69.4 Å². The molecule has 0 atom stereocenters. The van der Waals surface area contributed by atoms with Gasteiger partial charge >= 0.3 is 5.97 Å². The molecule has 0 unspecified atom stereocenters. The first kappa shape index (κ1) is 8.45. The summed E-state index contributed by atoms with van der Waals surface area (Å²) >= 11 is 0. The molecule has 1 aromatic rings. The lowest BCUT2D eigenvalue weighted by molar-refractivity contribution is -0.132. The standard InChI is InChI=1S/C7H8N2O3/c1-5(10)12-7-4-8-3-6(9-7)11-2/h3-4H,1-2H3. The highest BCUT2D eigenvalue weighted by Crippen LogP contribution is 2.09. The monoisotopic (exact) mass is 168 g/mol. The van der Waals surface area contributed by atoms with E-state index in [-0.39, 0.29) is 5.88 Å². The zero-order valence-corrected chi connectivity index (χ0v) is 6.77. The number of methoxy groups -OCH3 is 1. The summed E-state index contributed by atoms with van der Waals surface area (Å²) in [5, 5.41) is 0. The van der Waals surface area contributed by atoms with Crippen molar-refractivity contribution in [1.82, 2.24) is 9.97 Å². The summed E-state index contributed by atoms with van der Waals surface area (Å²) in [6.07, 6.45) is 2.76. The molecule has 0 aliphatic carbocycles. The van der Waals surface area contributed by atoms with Gasteiger partial charge in [0.05, 0.1) is 19.5 Å². The number of carbonyl (C=O) groups is 1. The Bertz CT molecular complexity index is 288. The Kier molecular flexibility index (Phi) is 2.57. The van der Waals surface area contributed by atoms with Crippen LogP contribution in [0.2, 0.25) is 0 Å². The highest BCUT2D eigenvalue weighted by molar-refractivity contribution is 5.68. The van der Waals surface area contributed by atoms with Crippen molar-refractivity contribution >= 4 is 5.97 Å². The molecule has 1 heterocycles. The molecular formula is C7H8N2O3. The summed E-state index contributed by atoms with van der Waals surface area (Å²) in [6, 6.07) is 0. The average Bonchev–Trinajstić information content (AvgIpc) is 2.03. The van der Waals surface area contributed by atoms with Gasteiger partial charge in [0.2, 0.25) is 11.8 Å². The van der Waals surface area contributed by atoms with Gasteiger partial charge in [-0.25, -0.2) is 0 Å². The number of hydrogen-bond acceptors (Lipinski definition) is 5. The van der Waals surface area contributed by atoms with E-state index < -0.39 is 5.97 Å². The van der Waals surface area contributed by atoms with Crippen LogP contribution in [0.4, 0.5) is 0 Å². The van der Waals surface area contributed by atoms with Gasteiger partial charge < -0.3 is 9.47 Å². The largest absolute Gasteiger partial charge is 0.480 e. The molecule has 1 aromatic heterocycles. The molecule has 1 rings (SSSR count). The Balaban J connectivity index is 2.79. The molecule has 0 aromatic carbocycles. The van der Waals surface area contributed by atoms with E-state index in [1.807, 2.05) is 0 Å². The molecule has 0 aliphatic rings. The minimum Gasteiger partial charge on any atom is -0.480 e. The summed E-state index contributed by atoms with van der Waals surface area (Å²) in [7, 11) is 1.46. The fourth-order valence-corrected chi connectivity index (χ4v) is 0.626. The number of ether oxygens (including phenoxy) is 2. The van der Waals surface area contributed by atoms with E-state index in [9.17, 15) is 4.79 Å². The van der Waals surface area contributed by atoms with Gasteiger partial charge in [-0.3, -0.25) is 9.78 Å². The number of aromatic nitrogens is 2. The lowest BCUT2D eigenvalue weighted by Gasteiger charge is -2.00. The van der Waals surface area contributed by atoms with E-state index >= 15 is 0 Å². The second kappa shape index (κ2) is 3.66. The Morgan fingerprint density at radius 1 is 1.42 bits per heavy atom. The molecule has 0 N–H and O–H groups in total. The third-order valence-electron chi connectivity index (χ3n) is 1.05. The Morgan fingerprint density at radius 3 is 2.67 bits per heavy atom. The molecule has 0 fully saturated rings. The maximum Gasteiger partial charge on any atom is 0.309 e. The topological polar surface area (TPSA) is 61.3 Å². The third-order valence-corrected chi connectivity index (χ3v) is 1.05. The first-order chi connectivity index (χ1) is 5.72. The molecule has 0 radical (unpaired) electrons. The van der Waals surface area contributed by atoms with Crippen molar-refractivity contribution < 1.29 is 14.3 Å². The van der Waals surface area contributed by atoms with Crippen molar-refractivity contribution in [1.29, 1.82) is 0 Å². The second-order valence-electron chi connectivity index (χ2n) is 1.99. The zero-order chi connectivity index (χ0) is 8.97. The van der Waals surface area contributed by atoms with Crippen LogP contribution in [-0.2, 0) is 4.79 Å². The quantitative estimate of drug-likeness (QED) is 0.598. The molecule has 0 spiro atoms. The maximum atomic E-state index is 10.5. The zero-order valence-electron chi connectivity index (χ0n) is 6.77. The number of hydrogen-bond donors (Lipinski definition) is 0. The van der Waals surface area contributed by atoms with Crippen LogP contribution in [0.15, 0.2) is 12.4 Å². The van der Waals surface area contributed by atoms with Gasteiger partial charge in [0, 0.05) is 6.92 Å². The molecule has 64 valence electrons. The van der Waals surface area contributed by atoms with Crippen LogP contribution in [0, 0.1) is 0 Å². The van der Waals surface area contributed by atoms with Crippen LogP contribution in [0.5, 0.6) is 11.8 Å². The maximum absolute atomic E-state index is 10.5. The van der Waals surface area contributed by atoms with E-state index in [1.165, 1.54) is 26.4 Å². The second-order valence-corrected chi connectivity index (χ2v) is 1.99. The van der Waals surface area contributed by atoms with Gasteiger partial charge in [-0.15, -0.1) is 0 Å². The summed E-state index contributed by atoms with van der Waals surface area (Å²) in [5.74, 6) is 0.0214. The Morgan fingerprint density at radius 2 is 2.08 bits per heavy atom. The Hall–Kier alpha value is -1.65. The molecule has 0 aliphatic heterocycles. The number of nitrogens with zero attached hydrogens (tertiary/aromatic N) is 2. The van der Waals surface area contributed by atoms with E-state index in [0.717, 1.165) is 0 Å². The van der Waals surface area contributed by atoms with Crippen molar-refractivity contribution in [3.63, 3.8) is 0 Å². The van der Waals surface area contributed by atoms with Gasteiger partial charge in [0.1, 0.15) is 0 Å². The summed E-state index contributed by atoms with van der Waals surface area (Å²) < 4.78 is 9.44. The fraction of sp³-hybridized carbons (Fsp3) is 0.286. The van der Waals surface area contributed by atoms with E-state index in [0.29, 0.717) is 5.88 Å². The molecule has 0 saturated heterocycles. The molecule has 5 nitrogen and oxygen atoms in total. The minimum atomic E-state index is -0.433. The first-order valence-electron chi connectivity index (χ1n) is 3.27. The van der Waals surface area contributed by atoms with Gasteiger partial charge in [-0.2, -0.15) is 4.98 Å². The van der Waals surface area contributed by atoms with Crippen molar-refractivity contribution in [3.8, 4) is 11.8 Å². The molecule has 0 saturated carbocycles. The van der Waals surface area contributed by atoms with Crippen molar-refractivity contribution in [3.05, 3.63) is 12.4 Å². The normalized spacial score (nSPS) is 9.17. The van der Waals surface area contributed by atoms with Crippen molar-refractivity contribution in [2.24, 2.45) is 0 Å². The SMILES string of the molecule is COc1cncc(OC(C)=O)n1. The van der Waals surface area contributed by atoms with Crippen molar-refractivity contribution in [2.45, 2.75) is 6.92 Å². The summed E-state index contributed by atoms with van der Waals surface area (Å²) in [4.78, 5) is 18.0. The van der Waals surface area contributed by atoms with Crippen molar-refractivity contribution in [2.75, 3.05) is 7.11 Å². The van der Waals surface area contributed by atoms with Crippen LogP contribution < -0.4 is 9.47 Å². The predicted molar refractivity (Wildman–Crippen MR) is 39.9 cm³/mol. The van der Waals surface area contributed by atoms with Crippen LogP contribution in [0.1, 0.15) is 6.92 Å². The minimum absolute atomic E-state index is 0.141.